The highest BCUT2D eigenvalue weighted by atomic mass is 79.9. The molecule has 4 rings (SSSR count). The molecule has 0 spiro atoms. The number of halogens is 1. The van der Waals surface area contributed by atoms with E-state index in [0.29, 0.717) is 24.4 Å². The summed E-state index contributed by atoms with van der Waals surface area (Å²) in [7, 11) is 0. The van der Waals surface area contributed by atoms with Gasteiger partial charge in [-0.15, -0.1) is 0 Å². The number of hydrogen-bond acceptors (Lipinski definition) is 4. The number of nitrogens with zero attached hydrogens (tertiary/aromatic N) is 1. The van der Waals surface area contributed by atoms with Crippen LogP contribution in [0.3, 0.4) is 0 Å². The Bertz CT molecular complexity index is 988. The summed E-state index contributed by atoms with van der Waals surface area (Å²) in [6, 6.07) is 7.66. The molecule has 1 aliphatic heterocycles. The lowest BCUT2D eigenvalue weighted by molar-refractivity contribution is 0.0668. The smallest absolute Gasteiger partial charge is 0.289 e. The lowest BCUT2D eigenvalue weighted by Gasteiger charge is -2.32. The van der Waals surface area contributed by atoms with Crippen molar-refractivity contribution in [2.24, 2.45) is 0 Å². The van der Waals surface area contributed by atoms with E-state index in [-0.39, 0.29) is 17.9 Å². The maximum Gasteiger partial charge on any atom is 0.289 e. The minimum Gasteiger partial charge on any atom is -0.451 e. The highest BCUT2D eigenvalue weighted by Gasteiger charge is 2.28. The molecule has 2 aromatic heterocycles. The summed E-state index contributed by atoms with van der Waals surface area (Å²) >= 11 is 4.97. The van der Waals surface area contributed by atoms with Gasteiger partial charge in [0.1, 0.15) is 5.58 Å². The van der Waals surface area contributed by atoms with Crippen LogP contribution in [0.2, 0.25) is 0 Å². The average Bonchev–Trinajstić information content (AvgIpc) is 3.31. The van der Waals surface area contributed by atoms with Crippen molar-refractivity contribution in [1.82, 2.24) is 10.2 Å². The molecule has 1 aromatic carbocycles. The van der Waals surface area contributed by atoms with Crippen LogP contribution in [0.4, 0.5) is 0 Å². The maximum atomic E-state index is 12.9. The summed E-state index contributed by atoms with van der Waals surface area (Å²) < 4.78 is 6.79. The molecule has 0 aliphatic carbocycles. The van der Waals surface area contributed by atoms with Crippen LogP contribution in [0.5, 0.6) is 0 Å². The van der Waals surface area contributed by atoms with E-state index in [1.54, 1.807) is 0 Å². The van der Waals surface area contributed by atoms with Crippen LogP contribution >= 0.6 is 27.3 Å². The van der Waals surface area contributed by atoms with Gasteiger partial charge in [0.25, 0.3) is 11.8 Å². The second-order valence-corrected chi connectivity index (χ2v) is 8.44. The number of aryl methyl sites for hydroxylation is 1. The molecule has 0 unspecified atom stereocenters. The SMILES string of the molecule is Cc1c(C(=O)N2CCC(NC(=O)c3ccsc3)CC2)oc2ccc(Br)cc12. The van der Waals surface area contributed by atoms with Gasteiger partial charge >= 0.3 is 0 Å². The zero-order valence-corrected chi connectivity index (χ0v) is 17.2. The van der Waals surface area contributed by atoms with Crippen LogP contribution in [-0.2, 0) is 0 Å². The minimum absolute atomic E-state index is 0.0419. The molecule has 140 valence electrons. The number of hydrogen-bond donors (Lipinski definition) is 1. The van der Waals surface area contributed by atoms with Crippen molar-refractivity contribution in [3.8, 4) is 0 Å². The number of thiophene rings is 1. The largest absolute Gasteiger partial charge is 0.451 e. The second-order valence-electron chi connectivity index (χ2n) is 6.75. The van der Waals surface area contributed by atoms with Crippen LogP contribution in [-0.4, -0.2) is 35.8 Å². The van der Waals surface area contributed by atoms with Gasteiger partial charge in [0.2, 0.25) is 0 Å². The molecule has 1 fully saturated rings. The number of piperidine rings is 1. The third-order valence-corrected chi connectivity index (χ3v) is 6.17. The quantitative estimate of drug-likeness (QED) is 0.639. The molecule has 7 heteroatoms. The van der Waals surface area contributed by atoms with Gasteiger partial charge in [-0.25, -0.2) is 0 Å². The summed E-state index contributed by atoms with van der Waals surface area (Å²) in [4.78, 5) is 26.9. The van der Waals surface area contributed by atoms with Gasteiger partial charge in [0.05, 0.1) is 0 Å². The van der Waals surface area contributed by atoms with E-state index in [2.05, 4.69) is 21.2 Å². The van der Waals surface area contributed by atoms with Crippen molar-refractivity contribution in [3.05, 3.63) is 56.4 Å². The average molecular weight is 447 g/mol. The topological polar surface area (TPSA) is 62.6 Å². The highest BCUT2D eigenvalue weighted by molar-refractivity contribution is 9.10. The van der Waals surface area contributed by atoms with Crippen molar-refractivity contribution >= 4 is 50.1 Å². The van der Waals surface area contributed by atoms with Crippen molar-refractivity contribution in [1.29, 1.82) is 0 Å². The molecule has 2 amide bonds. The summed E-state index contributed by atoms with van der Waals surface area (Å²) in [6.07, 6.45) is 1.49. The zero-order chi connectivity index (χ0) is 19.0. The van der Waals surface area contributed by atoms with Crippen LogP contribution in [0.1, 0.15) is 39.3 Å². The Morgan fingerprint density at radius 1 is 1.26 bits per heavy atom. The van der Waals surface area contributed by atoms with Gasteiger partial charge in [-0.3, -0.25) is 9.59 Å². The van der Waals surface area contributed by atoms with E-state index in [4.69, 9.17) is 4.42 Å². The second kappa shape index (κ2) is 7.48. The summed E-state index contributed by atoms with van der Waals surface area (Å²) in [5.74, 6) is 0.283. The van der Waals surface area contributed by atoms with Crippen LogP contribution in [0.15, 0.2) is 43.9 Å². The number of likely N-dealkylation sites (tertiary alicyclic amines) is 1. The van der Waals surface area contributed by atoms with E-state index >= 15 is 0 Å². The standard InChI is InChI=1S/C20H19BrN2O3S/c1-12-16-10-14(21)2-3-17(16)26-18(12)20(25)23-7-4-15(5-8-23)22-19(24)13-6-9-27-11-13/h2-3,6,9-11,15H,4-5,7-8H2,1H3,(H,22,24). The highest BCUT2D eigenvalue weighted by Crippen LogP contribution is 2.29. The number of benzene rings is 1. The van der Waals surface area contributed by atoms with Gasteiger partial charge in [0.15, 0.2) is 5.76 Å². The molecular weight excluding hydrogens is 428 g/mol. The monoisotopic (exact) mass is 446 g/mol. The summed E-state index contributed by atoms with van der Waals surface area (Å²) in [5, 5.41) is 7.75. The molecule has 5 nitrogen and oxygen atoms in total. The van der Waals surface area contributed by atoms with Crippen molar-refractivity contribution in [2.75, 3.05) is 13.1 Å². The molecule has 0 bridgehead atoms. The summed E-state index contributed by atoms with van der Waals surface area (Å²) in [5.41, 5.74) is 2.28. The van der Waals surface area contributed by atoms with E-state index in [0.717, 1.165) is 33.8 Å². The predicted molar refractivity (Wildman–Crippen MR) is 109 cm³/mol. The van der Waals surface area contributed by atoms with Crippen molar-refractivity contribution in [3.63, 3.8) is 0 Å². The Kier molecular flexibility index (Phi) is 5.06. The number of carbonyl (C=O) groups excluding carboxylic acids is 2. The van der Waals surface area contributed by atoms with E-state index in [1.165, 1.54) is 11.3 Å². The normalized spacial score (nSPS) is 15.3. The molecule has 0 saturated carbocycles. The first-order valence-corrected chi connectivity index (χ1v) is 10.6. The fourth-order valence-corrected chi connectivity index (χ4v) is 4.43. The van der Waals surface area contributed by atoms with Crippen LogP contribution in [0, 0.1) is 6.92 Å². The fraction of sp³-hybridized carbons (Fsp3) is 0.300. The fourth-order valence-electron chi connectivity index (χ4n) is 3.43. The Morgan fingerprint density at radius 3 is 2.74 bits per heavy atom. The molecule has 0 atom stereocenters. The van der Waals surface area contributed by atoms with Gasteiger partial charge in [-0.2, -0.15) is 11.3 Å². The number of rotatable bonds is 3. The zero-order valence-electron chi connectivity index (χ0n) is 14.8. The molecule has 3 heterocycles. The Labute approximate surface area is 169 Å². The van der Waals surface area contributed by atoms with Gasteiger partial charge in [-0.1, -0.05) is 15.9 Å². The van der Waals surface area contributed by atoms with Crippen LogP contribution < -0.4 is 5.32 Å². The molecule has 27 heavy (non-hydrogen) atoms. The lowest BCUT2D eigenvalue weighted by Crippen LogP contribution is -2.46. The molecular formula is C20H19BrN2O3S. The molecule has 1 aliphatic rings. The van der Waals surface area contributed by atoms with E-state index in [1.807, 2.05) is 46.8 Å². The van der Waals surface area contributed by atoms with E-state index < -0.39 is 0 Å². The van der Waals surface area contributed by atoms with Crippen LogP contribution in [0.25, 0.3) is 11.0 Å². The Hall–Kier alpha value is -2.12. The van der Waals surface area contributed by atoms with Crippen molar-refractivity contribution in [2.45, 2.75) is 25.8 Å². The first kappa shape index (κ1) is 18.3. The number of furan rings is 1. The number of carbonyl (C=O) groups is 2. The van der Waals surface area contributed by atoms with Crippen molar-refractivity contribution < 1.29 is 14.0 Å². The first-order valence-electron chi connectivity index (χ1n) is 8.84. The molecule has 0 radical (unpaired) electrons. The maximum absolute atomic E-state index is 12.9. The predicted octanol–water partition coefficient (Wildman–Crippen LogP) is 4.60. The summed E-state index contributed by atoms with van der Waals surface area (Å²) in [6.45, 7) is 3.13. The van der Waals surface area contributed by atoms with E-state index in [9.17, 15) is 9.59 Å². The molecule has 3 aromatic rings. The minimum atomic E-state index is -0.0811. The Morgan fingerprint density at radius 2 is 2.04 bits per heavy atom. The van der Waals surface area contributed by atoms with Gasteiger partial charge < -0.3 is 14.6 Å². The number of nitrogens with one attached hydrogen (secondary N) is 1. The Balaban J connectivity index is 1.41. The third kappa shape index (κ3) is 3.66. The number of fused-ring (bicyclic) bond motifs is 1. The first-order chi connectivity index (χ1) is 13.0. The molecule has 1 saturated heterocycles. The van der Waals surface area contributed by atoms with Gasteiger partial charge in [0, 0.05) is 45.5 Å². The third-order valence-electron chi connectivity index (χ3n) is 4.99. The lowest BCUT2D eigenvalue weighted by atomic mass is 10.0. The molecule has 1 N–H and O–H groups in total. The van der Waals surface area contributed by atoms with Gasteiger partial charge in [-0.05, 0) is 49.4 Å². The number of amides is 2.